The molecule has 3 aromatic rings. The molecule has 158 valence electrons. The molecule has 0 radical (unpaired) electrons. The zero-order valence-electron chi connectivity index (χ0n) is 16.8. The number of thioether (sulfide) groups is 1. The maximum Gasteiger partial charge on any atom is 0.222 e. The summed E-state index contributed by atoms with van der Waals surface area (Å²) in [4.78, 5) is 22.8. The first-order valence-corrected chi connectivity index (χ1v) is 12.6. The van der Waals surface area contributed by atoms with E-state index in [0.29, 0.717) is 6.42 Å². The molecule has 5 nitrogen and oxygen atoms in total. The molecule has 0 N–H and O–H groups in total. The van der Waals surface area contributed by atoms with Gasteiger partial charge in [-0.15, -0.1) is 11.8 Å². The van der Waals surface area contributed by atoms with Crippen molar-refractivity contribution in [2.24, 2.45) is 0 Å². The second-order valence-electron chi connectivity index (χ2n) is 7.10. The van der Waals surface area contributed by atoms with Gasteiger partial charge in [-0.25, -0.2) is 4.98 Å². The van der Waals surface area contributed by atoms with Crippen LogP contribution in [0.1, 0.15) is 12.8 Å². The number of methoxy groups -OCH3 is 1. The lowest BCUT2D eigenvalue weighted by molar-refractivity contribution is -0.131. The summed E-state index contributed by atoms with van der Waals surface area (Å²) < 4.78 is 7.44. The Hall–Kier alpha value is -1.77. The van der Waals surface area contributed by atoms with Crippen LogP contribution in [0.5, 0.6) is 5.75 Å². The van der Waals surface area contributed by atoms with Crippen LogP contribution in [0.3, 0.4) is 0 Å². The molecular weight excluding hydrogens is 482 g/mol. The van der Waals surface area contributed by atoms with Gasteiger partial charge in [0.05, 0.1) is 17.3 Å². The molecule has 2 aromatic carbocycles. The van der Waals surface area contributed by atoms with Gasteiger partial charge >= 0.3 is 0 Å². The van der Waals surface area contributed by atoms with Crippen molar-refractivity contribution in [2.45, 2.75) is 17.7 Å². The van der Waals surface area contributed by atoms with Crippen LogP contribution in [0.4, 0.5) is 5.13 Å². The van der Waals surface area contributed by atoms with Gasteiger partial charge in [0.2, 0.25) is 5.91 Å². The molecule has 0 spiro atoms. The highest BCUT2D eigenvalue weighted by molar-refractivity contribution is 9.10. The number of rotatable bonds is 7. The summed E-state index contributed by atoms with van der Waals surface area (Å²) in [6.07, 6.45) is 1.50. The van der Waals surface area contributed by atoms with Gasteiger partial charge in [-0.1, -0.05) is 27.3 Å². The van der Waals surface area contributed by atoms with Gasteiger partial charge in [-0.05, 0) is 54.6 Å². The van der Waals surface area contributed by atoms with Gasteiger partial charge in [0.1, 0.15) is 5.75 Å². The van der Waals surface area contributed by atoms with Crippen LogP contribution in [0.25, 0.3) is 10.2 Å². The number of carbonyl (C=O) groups is 1. The van der Waals surface area contributed by atoms with E-state index in [1.807, 2.05) is 29.2 Å². The number of ether oxygens (including phenoxy) is 1. The summed E-state index contributed by atoms with van der Waals surface area (Å²) in [7, 11) is 1.67. The Morgan fingerprint density at radius 3 is 2.67 bits per heavy atom. The molecule has 4 rings (SSSR count). The quantitative estimate of drug-likeness (QED) is 0.322. The van der Waals surface area contributed by atoms with E-state index >= 15 is 0 Å². The molecule has 1 fully saturated rings. The maximum absolute atomic E-state index is 12.6. The first-order chi connectivity index (χ1) is 14.6. The Labute approximate surface area is 193 Å². The molecule has 0 unspecified atom stereocenters. The fraction of sp³-hybridized carbons (Fsp3) is 0.364. The van der Waals surface area contributed by atoms with E-state index in [4.69, 9.17) is 9.72 Å². The average molecular weight is 506 g/mol. The van der Waals surface area contributed by atoms with Gasteiger partial charge in [0, 0.05) is 42.0 Å². The van der Waals surface area contributed by atoms with Crippen molar-refractivity contribution in [1.82, 2.24) is 9.88 Å². The topological polar surface area (TPSA) is 45.7 Å². The van der Waals surface area contributed by atoms with Gasteiger partial charge in [-0.3, -0.25) is 4.79 Å². The average Bonchev–Trinajstić information content (AvgIpc) is 3.20. The van der Waals surface area contributed by atoms with E-state index in [0.717, 1.165) is 59.2 Å². The highest BCUT2D eigenvalue weighted by Crippen LogP contribution is 2.31. The van der Waals surface area contributed by atoms with Crippen molar-refractivity contribution < 1.29 is 9.53 Å². The predicted octanol–water partition coefficient (Wildman–Crippen LogP) is 5.29. The Morgan fingerprint density at radius 2 is 1.93 bits per heavy atom. The fourth-order valence-electron chi connectivity index (χ4n) is 3.41. The zero-order chi connectivity index (χ0) is 20.9. The van der Waals surface area contributed by atoms with Crippen molar-refractivity contribution in [1.29, 1.82) is 0 Å². The van der Waals surface area contributed by atoms with Crippen LogP contribution in [0.15, 0.2) is 51.8 Å². The van der Waals surface area contributed by atoms with E-state index in [-0.39, 0.29) is 5.91 Å². The van der Waals surface area contributed by atoms with Crippen LogP contribution < -0.4 is 9.64 Å². The highest BCUT2D eigenvalue weighted by atomic mass is 79.9. The molecule has 2 heterocycles. The van der Waals surface area contributed by atoms with E-state index in [1.165, 1.54) is 9.60 Å². The number of piperazine rings is 1. The SMILES string of the molecule is COc1ccc(SCCCC(=O)N2CCN(c3nc4ccc(Br)cc4s3)CC2)cc1. The molecule has 1 amide bonds. The molecule has 30 heavy (non-hydrogen) atoms. The molecule has 1 aliphatic rings. The van der Waals surface area contributed by atoms with Crippen LogP contribution in [0, 0.1) is 0 Å². The second kappa shape index (κ2) is 10.0. The summed E-state index contributed by atoms with van der Waals surface area (Å²) in [6.45, 7) is 3.22. The molecule has 1 aromatic heterocycles. The Balaban J connectivity index is 1.20. The van der Waals surface area contributed by atoms with Crippen LogP contribution in [0.2, 0.25) is 0 Å². The largest absolute Gasteiger partial charge is 0.497 e. The standard InChI is InChI=1S/C22H24BrN3O2S2/c1-28-17-5-7-18(8-6-17)29-14-2-3-21(27)25-10-12-26(13-11-25)22-24-19-9-4-16(23)15-20(19)30-22/h4-9,15H,2-3,10-14H2,1H3. The zero-order valence-corrected chi connectivity index (χ0v) is 20.1. The minimum Gasteiger partial charge on any atom is -0.497 e. The number of hydrogen-bond acceptors (Lipinski definition) is 6. The van der Waals surface area contributed by atoms with Crippen LogP contribution >= 0.6 is 39.0 Å². The van der Waals surface area contributed by atoms with Crippen molar-refractivity contribution in [2.75, 3.05) is 43.9 Å². The molecule has 8 heteroatoms. The van der Waals surface area contributed by atoms with Crippen molar-refractivity contribution in [3.8, 4) is 5.75 Å². The van der Waals surface area contributed by atoms with Gasteiger partial charge in [0.25, 0.3) is 0 Å². The fourth-order valence-corrected chi connectivity index (χ4v) is 5.83. The van der Waals surface area contributed by atoms with Crippen LogP contribution in [-0.4, -0.2) is 54.8 Å². The Morgan fingerprint density at radius 1 is 1.17 bits per heavy atom. The van der Waals surface area contributed by atoms with E-state index in [9.17, 15) is 4.79 Å². The van der Waals surface area contributed by atoms with Crippen molar-refractivity contribution >= 4 is 60.3 Å². The summed E-state index contributed by atoms with van der Waals surface area (Å²) >= 11 is 7.02. The first kappa shape index (κ1) is 21.5. The van der Waals surface area contributed by atoms with Crippen molar-refractivity contribution in [3.63, 3.8) is 0 Å². The monoisotopic (exact) mass is 505 g/mol. The van der Waals surface area contributed by atoms with E-state index in [1.54, 1.807) is 30.2 Å². The highest BCUT2D eigenvalue weighted by Gasteiger charge is 2.22. The summed E-state index contributed by atoms with van der Waals surface area (Å²) in [5, 5.41) is 1.05. The predicted molar refractivity (Wildman–Crippen MR) is 129 cm³/mol. The van der Waals surface area contributed by atoms with Gasteiger partial charge < -0.3 is 14.5 Å². The maximum atomic E-state index is 12.6. The number of hydrogen-bond donors (Lipinski definition) is 0. The smallest absolute Gasteiger partial charge is 0.222 e. The Kier molecular flexibility index (Phi) is 7.17. The molecule has 1 aliphatic heterocycles. The number of carbonyl (C=O) groups excluding carboxylic acids is 1. The first-order valence-electron chi connectivity index (χ1n) is 9.98. The number of amides is 1. The van der Waals surface area contributed by atoms with Crippen molar-refractivity contribution in [3.05, 3.63) is 46.9 Å². The van der Waals surface area contributed by atoms with Gasteiger partial charge in [0.15, 0.2) is 5.13 Å². The number of halogens is 1. The third-order valence-electron chi connectivity index (χ3n) is 5.11. The number of thiazole rings is 1. The number of benzene rings is 2. The van der Waals surface area contributed by atoms with E-state index < -0.39 is 0 Å². The lowest BCUT2D eigenvalue weighted by Crippen LogP contribution is -2.48. The minimum atomic E-state index is 0.262. The lowest BCUT2D eigenvalue weighted by atomic mass is 10.2. The molecule has 0 saturated carbocycles. The number of anilines is 1. The number of fused-ring (bicyclic) bond motifs is 1. The van der Waals surface area contributed by atoms with Crippen LogP contribution in [-0.2, 0) is 4.79 Å². The number of nitrogens with zero attached hydrogens (tertiary/aromatic N) is 3. The van der Waals surface area contributed by atoms with Gasteiger partial charge in [-0.2, -0.15) is 0 Å². The Bertz CT molecular complexity index is 1000. The van der Waals surface area contributed by atoms with E-state index in [2.05, 4.69) is 39.0 Å². The third kappa shape index (κ3) is 5.28. The lowest BCUT2D eigenvalue weighted by Gasteiger charge is -2.34. The molecular formula is C22H24BrN3O2S2. The summed E-state index contributed by atoms with van der Waals surface area (Å²) in [6, 6.07) is 14.2. The molecule has 1 saturated heterocycles. The normalized spacial score (nSPS) is 14.3. The minimum absolute atomic E-state index is 0.262. The second-order valence-corrected chi connectivity index (χ2v) is 10.2. The molecule has 0 aliphatic carbocycles. The third-order valence-corrected chi connectivity index (χ3v) is 7.78. The summed E-state index contributed by atoms with van der Waals surface area (Å²) in [5.41, 5.74) is 1.03. The summed E-state index contributed by atoms with van der Waals surface area (Å²) in [5.74, 6) is 2.07. The molecule has 0 atom stereocenters. The number of aromatic nitrogens is 1. The molecule has 0 bridgehead atoms.